The van der Waals surface area contributed by atoms with Gasteiger partial charge in [-0.25, -0.2) is 9.40 Å². The van der Waals surface area contributed by atoms with Crippen LogP contribution in [0.15, 0.2) is 46.6 Å². The zero-order valence-corrected chi connectivity index (χ0v) is 18.1. The minimum Gasteiger partial charge on any atom is -0.493 e. The van der Waals surface area contributed by atoms with Crippen molar-refractivity contribution < 1.29 is 18.7 Å². The summed E-state index contributed by atoms with van der Waals surface area (Å²) in [4.78, 5) is 12.9. The number of nitrogens with one attached hydrogen (secondary N) is 1. The van der Waals surface area contributed by atoms with Crippen LogP contribution < -0.4 is 14.9 Å². The SMILES string of the molecule is CCOc1cc(C2=NN(C(=O)c3ccc(NN=C(C#N)C#N)c(F)c3)CCC2)ccc1OC. The summed E-state index contributed by atoms with van der Waals surface area (Å²) in [6.07, 6.45) is 1.37. The van der Waals surface area contributed by atoms with Crippen molar-refractivity contribution in [2.75, 3.05) is 25.7 Å². The maximum atomic E-state index is 14.4. The van der Waals surface area contributed by atoms with E-state index < -0.39 is 17.4 Å². The van der Waals surface area contributed by atoms with Gasteiger partial charge in [-0.2, -0.15) is 20.7 Å². The van der Waals surface area contributed by atoms with E-state index in [2.05, 4.69) is 15.6 Å². The van der Waals surface area contributed by atoms with E-state index >= 15 is 0 Å². The van der Waals surface area contributed by atoms with Crippen LogP contribution in [0.5, 0.6) is 11.5 Å². The number of hydrazone groups is 2. The quantitative estimate of drug-likeness (QED) is 0.509. The number of rotatable bonds is 7. The largest absolute Gasteiger partial charge is 0.493 e. The Kier molecular flexibility index (Phi) is 7.55. The molecule has 3 rings (SSSR count). The smallest absolute Gasteiger partial charge is 0.274 e. The first-order valence-electron chi connectivity index (χ1n) is 10.1. The highest BCUT2D eigenvalue weighted by Crippen LogP contribution is 2.29. The zero-order valence-electron chi connectivity index (χ0n) is 18.1. The van der Waals surface area contributed by atoms with Gasteiger partial charge in [0.15, 0.2) is 11.5 Å². The van der Waals surface area contributed by atoms with Crippen LogP contribution in [0.3, 0.4) is 0 Å². The van der Waals surface area contributed by atoms with E-state index in [-0.39, 0.29) is 11.3 Å². The number of carbonyl (C=O) groups is 1. The first kappa shape index (κ1) is 23.2. The first-order chi connectivity index (χ1) is 16.0. The van der Waals surface area contributed by atoms with E-state index in [9.17, 15) is 9.18 Å². The van der Waals surface area contributed by atoms with Gasteiger partial charge in [-0.3, -0.25) is 10.2 Å². The highest BCUT2D eigenvalue weighted by Gasteiger charge is 2.22. The number of hydrogen-bond donors (Lipinski definition) is 1. The molecule has 1 heterocycles. The van der Waals surface area contributed by atoms with E-state index in [1.165, 1.54) is 17.1 Å². The fourth-order valence-corrected chi connectivity index (χ4v) is 3.19. The molecular formula is C23H21FN6O3. The second kappa shape index (κ2) is 10.7. The molecule has 9 nitrogen and oxygen atoms in total. The van der Waals surface area contributed by atoms with Gasteiger partial charge in [0.05, 0.1) is 25.1 Å². The summed E-state index contributed by atoms with van der Waals surface area (Å²) in [7, 11) is 1.56. The predicted octanol–water partition coefficient (Wildman–Crippen LogP) is 3.69. The number of ether oxygens (including phenoxy) is 2. The van der Waals surface area contributed by atoms with Gasteiger partial charge in [0.1, 0.15) is 18.0 Å². The van der Waals surface area contributed by atoms with Crippen molar-refractivity contribution in [1.29, 1.82) is 10.5 Å². The molecule has 0 bridgehead atoms. The number of carbonyl (C=O) groups excluding carboxylic acids is 1. The van der Waals surface area contributed by atoms with Crippen LogP contribution >= 0.6 is 0 Å². The van der Waals surface area contributed by atoms with Crippen molar-refractivity contribution in [3.05, 3.63) is 53.3 Å². The number of nitrogens with zero attached hydrogens (tertiary/aromatic N) is 5. The molecule has 0 radical (unpaired) electrons. The van der Waals surface area contributed by atoms with Crippen molar-refractivity contribution >= 4 is 23.0 Å². The molecule has 0 saturated heterocycles. The molecule has 10 heteroatoms. The highest BCUT2D eigenvalue weighted by molar-refractivity contribution is 6.10. The minimum atomic E-state index is -0.752. The summed E-state index contributed by atoms with van der Waals surface area (Å²) >= 11 is 0. The first-order valence-corrected chi connectivity index (χ1v) is 10.1. The molecule has 1 aliphatic rings. The number of halogens is 1. The van der Waals surface area contributed by atoms with E-state index in [1.54, 1.807) is 25.3 Å². The Morgan fingerprint density at radius 1 is 1.24 bits per heavy atom. The fraction of sp³-hybridized carbons (Fsp3) is 0.261. The van der Waals surface area contributed by atoms with Crippen molar-refractivity contribution in [2.24, 2.45) is 10.2 Å². The summed E-state index contributed by atoms with van der Waals surface area (Å²) in [5, 5.41) is 26.7. The van der Waals surface area contributed by atoms with Gasteiger partial charge in [-0.05, 0) is 56.2 Å². The molecule has 1 aliphatic heterocycles. The second-order valence-corrected chi connectivity index (χ2v) is 6.87. The monoisotopic (exact) mass is 448 g/mol. The molecule has 0 unspecified atom stereocenters. The summed E-state index contributed by atoms with van der Waals surface area (Å²) < 4.78 is 25.4. The lowest BCUT2D eigenvalue weighted by Crippen LogP contribution is -2.32. The number of benzene rings is 2. The molecule has 0 aromatic heterocycles. The van der Waals surface area contributed by atoms with Gasteiger partial charge in [0.2, 0.25) is 5.71 Å². The third-order valence-corrected chi connectivity index (χ3v) is 4.77. The van der Waals surface area contributed by atoms with E-state index in [1.807, 2.05) is 19.1 Å². The Hall–Kier alpha value is -4.44. The van der Waals surface area contributed by atoms with Gasteiger partial charge < -0.3 is 9.47 Å². The van der Waals surface area contributed by atoms with Crippen molar-refractivity contribution in [3.63, 3.8) is 0 Å². The molecule has 1 amide bonds. The molecule has 0 fully saturated rings. The van der Waals surface area contributed by atoms with E-state index in [0.717, 1.165) is 11.6 Å². The Morgan fingerprint density at radius 2 is 2.03 bits per heavy atom. The third-order valence-electron chi connectivity index (χ3n) is 4.77. The summed E-state index contributed by atoms with van der Waals surface area (Å²) in [6, 6.07) is 12.4. The van der Waals surface area contributed by atoms with Crippen LogP contribution in [0, 0.1) is 28.5 Å². The zero-order chi connectivity index (χ0) is 23.8. The molecule has 168 valence electrons. The molecule has 1 N–H and O–H groups in total. The highest BCUT2D eigenvalue weighted by atomic mass is 19.1. The Balaban J connectivity index is 1.82. The third kappa shape index (κ3) is 5.43. The Labute approximate surface area is 190 Å². The van der Waals surface area contributed by atoms with E-state index in [4.69, 9.17) is 20.0 Å². The lowest BCUT2D eigenvalue weighted by Gasteiger charge is -2.24. The lowest BCUT2D eigenvalue weighted by molar-refractivity contribution is 0.0751. The van der Waals surface area contributed by atoms with Crippen molar-refractivity contribution in [3.8, 4) is 23.6 Å². The molecule has 2 aromatic rings. The lowest BCUT2D eigenvalue weighted by atomic mass is 10.0. The second-order valence-electron chi connectivity index (χ2n) is 6.87. The predicted molar refractivity (Wildman–Crippen MR) is 120 cm³/mol. The van der Waals surface area contributed by atoms with Crippen molar-refractivity contribution in [2.45, 2.75) is 19.8 Å². The van der Waals surface area contributed by atoms with Crippen LogP contribution in [-0.2, 0) is 0 Å². The number of anilines is 1. The normalized spacial score (nSPS) is 12.6. The maximum Gasteiger partial charge on any atom is 0.274 e. The Bertz CT molecular complexity index is 1180. The average molecular weight is 448 g/mol. The molecule has 0 spiro atoms. The van der Waals surface area contributed by atoms with Crippen LogP contribution in [0.4, 0.5) is 10.1 Å². The van der Waals surface area contributed by atoms with Crippen LogP contribution in [-0.4, -0.2) is 42.6 Å². The topological polar surface area (TPSA) is 123 Å². The number of nitriles is 2. The average Bonchev–Trinajstić information content (AvgIpc) is 2.85. The van der Waals surface area contributed by atoms with Crippen LogP contribution in [0.2, 0.25) is 0 Å². The minimum absolute atomic E-state index is 0.0703. The van der Waals surface area contributed by atoms with E-state index in [0.29, 0.717) is 43.2 Å². The summed E-state index contributed by atoms with van der Waals surface area (Å²) in [6.45, 7) is 2.76. The van der Waals surface area contributed by atoms with Gasteiger partial charge in [0, 0.05) is 17.7 Å². The molecule has 33 heavy (non-hydrogen) atoms. The summed E-state index contributed by atoms with van der Waals surface area (Å²) in [5.74, 6) is -0.00507. The molecule has 0 saturated carbocycles. The molecular weight excluding hydrogens is 427 g/mol. The number of amides is 1. The van der Waals surface area contributed by atoms with Gasteiger partial charge in [0.25, 0.3) is 5.91 Å². The standard InChI is InChI=1S/C23H21FN6O3/c1-3-33-22-12-15(7-9-21(22)32-2)19-5-4-10-30(29-19)23(31)16-6-8-20(18(24)11-16)28-27-17(13-25)14-26/h6-9,11-12,28H,3-5,10H2,1-2H3. The number of hydrogen-bond acceptors (Lipinski definition) is 8. The molecule has 0 atom stereocenters. The Morgan fingerprint density at radius 3 is 2.70 bits per heavy atom. The van der Waals surface area contributed by atoms with Crippen LogP contribution in [0.25, 0.3) is 0 Å². The molecule has 0 aliphatic carbocycles. The number of methoxy groups -OCH3 is 1. The van der Waals surface area contributed by atoms with Gasteiger partial charge >= 0.3 is 0 Å². The fourth-order valence-electron chi connectivity index (χ4n) is 3.19. The molecule has 2 aromatic carbocycles. The maximum absolute atomic E-state index is 14.4. The summed E-state index contributed by atoms with van der Waals surface area (Å²) in [5.41, 5.74) is 3.42. The van der Waals surface area contributed by atoms with Crippen molar-refractivity contribution in [1.82, 2.24) is 5.01 Å². The van der Waals surface area contributed by atoms with Crippen LogP contribution in [0.1, 0.15) is 35.7 Å². The van der Waals surface area contributed by atoms with Gasteiger partial charge in [-0.1, -0.05) is 0 Å². The van der Waals surface area contributed by atoms with Gasteiger partial charge in [-0.15, -0.1) is 0 Å².